The first kappa shape index (κ1) is 22.7. The van der Waals surface area contributed by atoms with Gasteiger partial charge in [-0.3, -0.25) is 9.36 Å². The van der Waals surface area contributed by atoms with Crippen molar-refractivity contribution in [3.05, 3.63) is 66.2 Å². The van der Waals surface area contributed by atoms with E-state index < -0.39 is 24.9 Å². The van der Waals surface area contributed by atoms with Crippen LogP contribution in [-0.2, 0) is 20.4 Å². The number of para-hydroxylation sites is 1. The number of hydrogen-bond acceptors (Lipinski definition) is 5. The number of alkyl carbamates (subject to hydrolysis) is 1. The summed E-state index contributed by atoms with van der Waals surface area (Å²) in [5.41, 5.74) is 0.532. The highest BCUT2D eigenvalue weighted by atomic mass is 31.2. The van der Waals surface area contributed by atoms with Gasteiger partial charge in [-0.2, -0.15) is 0 Å². The molecule has 2 N–H and O–H groups in total. The zero-order valence-corrected chi connectivity index (χ0v) is 17.7. The molecule has 2 rings (SSSR count). The van der Waals surface area contributed by atoms with E-state index in [4.69, 9.17) is 9.26 Å². The van der Waals surface area contributed by atoms with Gasteiger partial charge in [0.15, 0.2) is 0 Å². The van der Waals surface area contributed by atoms with Crippen LogP contribution >= 0.6 is 7.37 Å². The second-order valence-corrected chi connectivity index (χ2v) is 9.52. The van der Waals surface area contributed by atoms with Crippen LogP contribution in [0.1, 0.15) is 25.8 Å². The van der Waals surface area contributed by atoms with Gasteiger partial charge in [0.05, 0.1) is 0 Å². The summed E-state index contributed by atoms with van der Waals surface area (Å²) in [4.78, 5) is 25.1. The van der Waals surface area contributed by atoms with E-state index in [9.17, 15) is 14.2 Å². The molecule has 0 aliphatic carbocycles. The Hall–Kier alpha value is -2.63. The number of carbonyl (C=O) groups excluding carboxylic acids is 2. The summed E-state index contributed by atoms with van der Waals surface area (Å²) in [6.07, 6.45) is -0.474. The summed E-state index contributed by atoms with van der Waals surface area (Å²) in [6, 6.07) is 17.8. The van der Waals surface area contributed by atoms with Crippen LogP contribution in [0.3, 0.4) is 0 Å². The lowest BCUT2D eigenvalue weighted by Gasteiger charge is -2.27. The van der Waals surface area contributed by atoms with Crippen molar-refractivity contribution in [2.45, 2.75) is 32.7 Å². The zero-order valence-electron chi connectivity index (χ0n) is 16.8. The van der Waals surface area contributed by atoms with E-state index in [2.05, 4.69) is 10.6 Å². The predicted octanol–water partition coefficient (Wildman–Crippen LogP) is 5.44. The maximum Gasteiger partial charge on any atom is 0.408 e. The molecule has 0 spiro atoms. The third kappa shape index (κ3) is 6.73. The summed E-state index contributed by atoms with van der Waals surface area (Å²) < 4.78 is 23.8. The molecule has 0 radical (unpaired) electrons. The Morgan fingerprint density at radius 1 is 1.00 bits per heavy atom. The molecule has 0 fully saturated rings. The summed E-state index contributed by atoms with van der Waals surface area (Å²) in [6.45, 7) is 3.87. The first-order chi connectivity index (χ1) is 13.8. The van der Waals surface area contributed by atoms with Gasteiger partial charge in [0, 0.05) is 12.8 Å². The minimum Gasteiger partial charge on any atom is -0.445 e. The highest BCUT2D eigenvalue weighted by molar-refractivity contribution is 7.77. The Morgan fingerprint density at radius 2 is 1.59 bits per heavy atom. The first-order valence-corrected chi connectivity index (χ1v) is 11.0. The second kappa shape index (κ2) is 10.8. The average Bonchev–Trinajstić information content (AvgIpc) is 2.72. The van der Waals surface area contributed by atoms with E-state index in [1.807, 2.05) is 44.2 Å². The third-order valence-electron chi connectivity index (χ3n) is 4.18. The van der Waals surface area contributed by atoms with Gasteiger partial charge in [-0.25, -0.2) is 4.79 Å². The molecule has 0 aromatic heterocycles. The van der Waals surface area contributed by atoms with Crippen molar-refractivity contribution in [3.8, 4) is 0 Å². The Bertz CT molecular complexity index is 843. The van der Waals surface area contributed by atoms with Crippen molar-refractivity contribution < 1.29 is 23.4 Å². The Balaban J connectivity index is 2.11. The fourth-order valence-corrected chi connectivity index (χ4v) is 4.67. The molecule has 0 bridgehead atoms. The highest BCUT2D eigenvalue weighted by Crippen LogP contribution is 2.53. The minimum absolute atomic E-state index is 0.0578. The van der Waals surface area contributed by atoms with Crippen LogP contribution in [0.2, 0.25) is 0 Å². The van der Waals surface area contributed by atoms with E-state index in [1.54, 1.807) is 30.3 Å². The smallest absolute Gasteiger partial charge is 0.408 e. The molecule has 2 aromatic rings. The number of ether oxygens (including phenoxy) is 1. The van der Waals surface area contributed by atoms with Crippen molar-refractivity contribution in [1.29, 1.82) is 0 Å². The third-order valence-corrected chi connectivity index (χ3v) is 6.56. The van der Waals surface area contributed by atoms with Gasteiger partial charge in [-0.05, 0) is 30.0 Å². The molecule has 0 saturated heterocycles. The Labute approximate surface area is 171 Å². The minimum atomic E-state index is -3.93. The number of anilines is 1. The van der Waals surface area contributed by atoms with Gasteiger partial charge < -0.3 is 19.9 Å². The number of carbonyl (C=O) groups is 2. The van der Waals surface area contributed by atoms with Crippen LogP contribution in [0.15, 0.2) is 60.7 Å². The van der Waals surface area contributed by atoms with Gasteiger partial charge in [0.25, 0.3) is 0 Å². The lowest BCUT2D eigenvalue weighted by molar-refractivity contribution is 0.137. The van der Waals surface area contributed by atoms with Crippen LogP contribution in [0.25, 0.3) is 0 Å². The summed E-state index contributed by atoms with van der Waals surface area (Å²) >= 11 is 0. The van der Waals surface area contributed by atoms with Gasteiger partial charge in [0.1, 0.15) is 12.4 Å². The highest BCUT2D eigenvalue weighted by Gasteiger charge is 2.42. The van der Waals surface area contributed by atoms with E-state index in [0.29, 0.717) is 5.69 Å². The molecule has 0 heterocycles. The van der Waals surface area contributed by atoms with E-state index in [1.165, 1.54) is 7.11 Å². The number of hydrogen-bond donors (Lipinski definition) is 2. The van der Waals surface area contributed by atoms with Gasteiger partial charge in [0.2, 0.25) is 0 Å². The standard InChI is InChI=1S/C21H27N2O5P/c1-16(2)14-19(23-20(24)28-15-17-10-6-4-7-11-17)29(26,27-3)21(25)22-18-12-8-5-9-13-18/h4-13,16,19H,14-15H2,1-3H3,(H,22,25)(H,23,24). The number of benzene rings is 2. The molecule has 2 aromatic carbocycles. The normalized spacial score (nSPS) is 13.9. The second-order valence-electron chi connectivity index (χ2n) is 6.93. The van der Waals surface area contributed by atoms with Crippen molar-refractivity contribution in [1.82, 2.24) is 5.32 Å². The number of nitrogens with one attached hydrogen (secondary N) is 2. The average molecular weight is 418 g/mol. The zero-order chi connectivity index (χ0) is 21.3. The summed E-state index contributed by atoms with van der Waals surface area (Å²) in [5, 5.41) is 5.17. The Kier molecular flexibility index (Phi) is 8.43. The SMILES string of the molecule is COP(=O)(C(=O)Nc1ccccc1)C(CC(C)C)NC(=O)OCc1ccccc1. The molecule has 29 heavy (non-hydrogen) atoms. The molecule has 0 aliphatic heterocycles. The topological polar surface area (TPSA) is 93.7 Å². The fourth-order valence-electron chi connectivity index (χ4n) is 2.70. The maximum absolute atomic E-state index is 13.4. The molecular weight excluding hydrogens is 391 g/mol. The molecule has 7 nitrogen and oxygen atoms in total. The summed E-state index contributed by atoms with van der Waals surface area (Å²) in [5.74, 6) is -0.957. The molecule has 2 atom stereocenters. The molecule has 8 heteroatoms. The van der Waals surface area contributed by atoms with Crippen LogP contribution in [0, 0.1) is 5.92 Å². The van der Waals surface area contributed by atoms with Crippen LogP contribution in [0.5, 0.6) is 0 Å². The van der Waals surface area contributed by atoms with Gasteiger partial charge in [-0.1, -0.05) is 62.4 Å². The van der Waals surface area contributed by atoms with E-state index in [0.717, 1.165) is 5.56 Å². The van der Waals surface area contributed by atoms with Crippen molar-refractivity contribution in [3.63, 3.8) is 0 Å². The lowest BCUT2D eigenvalue weighted by Crippen LogP contribution is -2.38. The molecule has 2 unspecified atom stereocenters. The maximum atomic E-state index is 13.4. The molecule has 2 amide bonds. The van der Waals surface area contributed by atoms with E-state index in [-0.39, 0.29) is 18.9 Å². The van der Waals surface area contributed by atoms with Gasteiger partial charge in [-0.15, -0.1) is 0 Å². The van der Waals surface area contributed by atoms with Crippen LogP contribution in [0.4, 0.5) is 15.3 Å². The number of rotatable bonds is 9. The lowest BCUT2D eigenvalue weighted by atomic mass is 10.1. The van der Waals surface area contributed by atoms with Crippen LogP contribution < -0.4 is 10.6 Å². The van der Waals surface area contributed by atoms with Crippen molar-refractivity contribution in [2.75, 3.05) is 12.4 Å². The molecular formula is C21H27N2O5P. The molecule has 0 aliphatic rings. The largest absolute Gasteiger partial charge is 0.445 e. The Morgan fingerprint density at radius 3 is 2.14 bits per heavy atom. The van der Waals surface area contributed by atoms with Crippen molar-refractivity contribution in [2.24, 2.45) is 5.92 Å². The van der Waals surface area contributed by atoms with Crippen molar-refractivity contribution >= 4 is 24.8 Å². The predicted molar refractivity (Wildman–Crippen MR) is 113 cm³/mol. The summed E-state index contributed by atoms with van der Waals surface area (Å²) in [7, 11) is -2.73. The fraction of sp³-hybridized carbons (Fsp3) is 0.333. The monoisotopic (exact) mass is 418 g/mol. The molecule has 156 valence electrons. The van der Waals surface area contributed by atoms with Gasteiger partial charge >= 0.3 is 19.1 Å². The van der Waals surface area contributed by atoms with Crippen LogP contribution in [-0.4, -0.2) is 24.6 Å². The number of amides is 2. The molecule has 0 saturated carbocycles. The van der Waals surface area contributed by atoms with E-state index >= 15 is 0 Å². The first-order valence-electron chi connectivity index (χ1n) is 9.34. The quantitative estimate of drug-likeness (QED) is 0.529.